The van der Waals surface area contributed by atoms with Crippen molar-refractivity contribution in [1.82, 2.24) is 9.88 Å². The number of nitrogens with one attached hydrogen (secondary N) is 1. The molecule has 2 rings (SSSR count). The third-order valence-corrected chi connectivity index (χ3v) is 3.73. The van der Waals surface area contributed by atoms with Gasteiger partial charge in [0, 0.05) is 23.9 Å². The fraction of sp³-hybridized carbons (Fsp3) is 0.312. The van der Waals surface area contributed by atoms with Gasteiger partial charge in [0.25, 0.3) is 0 Å². The lowest BCUT2D eigenvalue weighted by atomic mass is 10.0. The Bertz CT molecular complexity index is 733. The molecule has 0 amide bonds. The van der Waals surface area contributed by atoms with Crippen molar-refractivity contribution < 1.29 is 13.7 Å². The van der Waals surface area contributed by atoms with Crippen LogP contribution in [-0.2, 0) is 0 Å². The molecule has 1 aromatic carbocycles. The van der Waals surface area contributed by atoms with Gasteiger partial charge in [-0.05, 0) is 39.2 Å². The van der Waals surface area contributed by atoms with E-state index in [0.717, 1.165) is 0 Å². The van der Waals surface area contributed by atoms with E-state index in [1.807, 2.05) is 0 Å². The van der Waals surface area contributed by atoms with Gasteiger partial charge < -0.3 is 10.2 Å². The van der Waals surface area contributed by atoms with Gasteiger partial charge in [0.15, 0.2) is 0 Å². The second-order valence-electron chi connectivity index (χ2n) is 5.58. The van der Waals surface area contributed by atoms with Crippen LogP contribution in [0.4, 0.5) is 20.3 Å². The molecule has 8 heteroatoms. The van der Waals surface area contributed by atoms with Gasteiger partial charge in [-0.2, -0.15) is 0 Å². The molecule has 0 saturated carbocycles. The topological polar surface area (TPSA) is 71.3 Å². The first-order chi connectivity index (χ1) is 11.3. The van der Waals surface area contributed by atoms with Crippen LogP contribution in [0, 0.1) is 28.7 Å². The highest BCUT2D eigenvalue weighted by Crippen LogP contribution is 2.28. The van der Waals surface area contributed by atoms with Gasteiger partial charge in [0.05, 0.1) is 11.0 Å². The molecule has 1 aromatic heterocycles. The predicted octanol–water partition coefficient (Wildman–Crippen LogP) is 3.29. The quantitative estimate of drug-likeness (QED) is 0.647. The molecule has 1 heterocycles. The zero-order valence-electron chi connectivity index (χ0n) is 13.6. The number of benzene rings is 1. The summed E-state index contributed by atoms with van der Waals surface area (Å²) in [7, 11) is 3.35. The average Bonchev–Trinajstić information content (AvgIpc) is 2.49. The van der Waals surface area contributed by atoms with Crippen molar-refractivity contribution >= 4 is 11.5 Å². The Morgan fingerprint density at radius 2 is 1.92 bits per heavy atom. The van der Waals surface area contributed by atoms with Crippen LogP contribution in [0.5, 0.6) is 0 Å². The molecule has 2 aromatic rings. The number of aryl methyl sites for hydroxylation is 1. The Morgan fingerprint density at radius 3 is 2.46 bits per heavy atom. The highest BCUT2D eigenvalue weighted by Gasteiger charge is 2.24. The summed E-state index contributed by atoms with van der Waals surface area (Å²) in [5.74, 6) is -1.26. The molecule has 1 unspecified atom stereocenters. The molecule has 128 valence electrons. The number of nitro groups is 1. The van der Waals surface area contributed by atoms with Crippen LogP contribution in [0.3, 0.4) is 0 Å². The van der Waals surface area contributed by atoms with Gasteiger partial charge in [0.2, 0.25) is 5.82 Å². The van der Waals surface area contributed by atoms with E-state index in [0.29, 0.717) is 5.56 Å². The number of hydrogen-bond donors (Lipinski definition) is 1. The Morgan fingerprint density at radius 1 is 1.29 bits per heavy atom. The van der Waals surface area contributed by atoms with Gasteiger partial charge in [-0.1, -0.05) is 6.07 Å². The Labute approximate surface area is 138 Å². The van der Waals surface area contributed by atoms with Crippen molar-refractivity contribution in [3.8, 4) is 0 Å². The summed E-state index contributed by atoms with van der Waals surface area (Å²) in [6.45, 7) is 1.66. The largest absolute Gasteiger partial charge is 0.362 e. The first-order valence-electron chi connectivity index (χ1n) is 7.27. The van der Waals surface area contributed by atoms with Crippen molar-refractivity contribution in [2.45, 2.75) is 13.0 Å². The molecule has 0 bridgehead atoms. The van der Waals surface area contributed by atoms with E-state index in [9.17, 15) is 18.9 Å². The van der Waals surface area contributed by atoms with Crippen molar-refractivity contribution in [2.24, 2.45) is 0 Å². The number of nitrogens with zero attached hydrogens (tertiary/aromatic N) is 3. The van der Waals surface area contributed by atoms with Crippen molar-refractivity contribution in [2.75, 3.05) is 26.0 Å². The monoisotopic (exact) mass is 336 g/mol. The highest BCUT2D eigenvalue weighted by atomic mass is 19.1. The number of rotatable bonds is 6. The van der Waals surface area contributed by atoms with Gasteiger partial charge in [0.1, 0.15) is 11.6 Å². The third kappa shape index (κ3) is 3.65. The number of pyridine rings is 1. The summed E-state index contributed by atoms with van der Waals surface area (Å²) in [5, 5.41) is 14.0. The molecule has 0 aliphatic heterocycles. The van der Waals surface area contributed by atoms with Crippen LogP contribution >= 0.6 is 0 Å². The fourth-order valence-electron chi connectivity index (χ4n) is 2.48. The molecule has 1 atom stereocenters. The molecule has 0 fully saturated rings. The predicted molar refractivity (Wildman–Crippen MR) is 86.9 cm³/mol. The number of halogens is 2. The molecular formula is C16H18F2N4O2. The Hall–Kier alpha value is -2.61. The summed E-state index contributed by atoms with van der Waals surface area (Å²) in [5.41, 5.74) is 0.213. The molecular weight excluding hydrogens is 318 g/mol. The summed E-state index contributed by atoms with van der Waals surface area (Å²) in [6.07, 6.45) is 1.44. The molecule has 0 aliphatic rings. The van der Waals surface area contributed by atoms with Crippen molar-refractivity contribution in [1.29, 1.82) is 0 Å². The zero-order valence-corrected chi connectivity index (χ0v) is 13.6. The van der Waals surface area contributed by atoms with Gasteiger partial charge in [-0.25, -0.2) is 13.8 Å². The van der Waals surface area contributed by atoms with Crippen LogP contribution < -0.4 is 5.32 Å². The molecule has 24 heavy (non-hydrogen) atoms. The number of aromatic nitrogens is 1. The Balaban J connectivity index is 2.32. The van der Waals surface area contributed by atoms with E-state index >= 15 is 0 Å². The van der Waals surface area contributed by atoms with Crippen molar-refractivity contribution in [3.05, 3.63) is 63.3 Å². The number of likely N-dealkylation sites (N-methyl/N-ethyl adjacent to an activating group) is 1. The number of anilines is 1. The third-order valence-electron chi connectivity index (χ3n) is 3.73. The first kappa shape index (κ1) is 17.7. The lowest BCUT2D eigenvalue weighted by Crippen LogP contribution is -2.29. The van der Waals surface area contributed by atoms with E-state index in [1.54, 1.807) is 25.9 Å². The molecule has 0 radical (unpaired) electrons. The van der Waals surface area contributed by atoms with Crippen LogP contribution in [0.2, 0.25) is 0 Å². The number of hydrogen-bond acceptors (Lipinski definition) is 5. The second kappa shape index (κ2) is 7.31. The van der Waals surface area contributed by atoms with Gasteiger partial charge in [-0.3, -0.25) is 10.1 Å². The normalized spacial score (nSPS) is 12.2. The highest BCUT2D eigenvalue weighted by molar-refractivity contribution is 5.59. The summed E-state index contributed by atoms with van der Waals surface area (Å²) < 4.78 is 28.1. The minimum Gasteiger partial charge on any atom is -0.362 e. The minimum absolute atomic E-state index is 0.0577. The molecule has 0 spiro atoms. The molecule has 0 aliphatic carbocycles. The maximum absolute atomic E-state index is 14.0. The van der Waals surface area contributed by atoms with E-state index in [1.165, 1.54) is 30.5 Å². The van der Waals surface area contributed by atoms with Crippen LogP contribution in [0.25, 0.3) is 0 Å². The molecule has 6 nitrogen and oxygen atoms in total. The summed E-state index contributed by atoms with van der Waals surface area (Å²) >= 11 is 0. The summed E-state index contributed by atoms with van der Waals surface area (Å²) in [6, 6.07) is 4.53. The van der Waals surface area contributed by atoms with E-state index in [2.05, 4.69) is 10.3 Å². The maximum Gasteiger partial charge on any atom is 0.314 e. The average molecular weight is 336 g/mol. The van der Waals surface area contributed by atoms with Gasteiger partial charge in [-0.15, -0.1) is 0 Å². The van der Waals surface area contributed by atoms with E-state index in [4.69, 9.17) is 0 Å². The lowest BCUT2D eigenvalue weighted by molar-refractivity contribution is -0.384. The standard InChI is InChI=1S/C16H18F2N4O2/c1-10-7-8-19-16(15(10)22(23)24)20-9-13(21(2)3)14-11(17)5-4-6-12(14)18/h4-8,13H,9H2,1-3H3,(H,19,20). The van der Waals surface area contributed by atoms with E-state index < -0.39 is 22.6 Å². The SMILES string of the molecule is Cc1ccnc(NCC(c2c(F)cccc2F)N(C)C)c1[N+](=O)[O-]. The van der Waals surface area contributed by atoms with Crippen molar-refractivity contribution in [3.63, 3.8) is 0 Å². The maximum atomic E-state index is 14.0. The Kier molecular flexibility index (Phi) is 5.40. The van der Waals surface area contributed by atoms with Crippen LogP contribution in [0.1, 0.15) is 17.2 Å². The van der Waals surface area contributed by atoms with Crippen LogP contribution in [-0.4, -0.2) is 35.4 Å². The summed E-state index contributed by atoms with van der Waals surface area (Å²) in [4.78, 5) is 16.3. The fourth-order valence-corrected chi connectivity index (χ4v) is 2.48. The van der Waals surface area contributed by atoms with Gasteiger partial charge >= 0.3 is 5.69 Å². The zero-order chi connectivity index (χ0) is 17.9. The smallest absolute Gasteiger partial charge is 0.314 e. The lowest BCUT2D eigenvalue weighted by Gasteiger charge is -2.26. The van der Waals surface area contributed by atoms with Crippen LogP contribution in [0.15, 0.2) is 30.5 Å². The second-order valence-corrected chi connectivity index (χ2v) is 5.58. The molecule has 0 saturated heterocycles. The first-order valence-corrected chi connectivity index (χ1v) is 7.27. The molecule has 1 N–H and O–H groups in total. The minimum atomic E-state index is -0.665. The van der Waals surface area contributed by atoms with E-state index in [-0.39, 0.29) is 23.6 Å².